The Kier molecular flexibility index (Phi) is 4.75. The van der Waals surface area contributed by atoms with Crippen molar-refractivity contribution in [3.8, 4) is 0 Å². The second kappa shape index (κ2) is 6.33. The van der Waals surface area contributed by atoms with Crippen LogP contribution in [0, 0.1) is 17.7 Å². The van der Waals surface area contributed by atoms with Gasteiger partial charge >= 0.3 is 0 Å². The van der Waals surface area contributed by atoms with Gasteiger partial charge < -0.3 is 5.32 Å². The predicted molar refractivity (Wildman–Crippen MR) is 72.7 cm³/mol. The molecule has 0 bridgehead atoms. The number of carbonyl (C=O) groups excluding carboxylic acids is 1. The Morgan fingerprint density at radius 2 is 2.37 bits per heavy atom. The molecule has 0 spiro atoms. The molecule has 1 aliphatic rings. The van der Waals surface area contributed by atoms with Crippen LogP contribution in [-0.4, -0.2) is 17.4 Å². The van der Waals surface area contributed by atoms with Gasteiger partial charge in [-0.15, -0.1) is 0 Å². The maximum absolute atomic E-state index is 13.1. The van der Waals surface area contributed by atoms with E-state index in [1.165, 1.54) is 12.8 Å². The minimum absolute atomic E-state index is 0.0379. The predicted octanol–water partition coefficient (Wildman–Crippen LogP) is 3.43. The molecule has 1 fully saturated rings. The first-order valence-corrected chi connectivity index (χ1v) is 7.03. The van der Waals surface area contributed by atoms with E-state index in [-0.39, 0.29) is 16.6 Å². The van der Waals surface area contributed by atoms with E-state index in [1.54, 1.807) is 0 Å². The third-order valence-electron chi connectivity index (χ3n) is 3.65. The summed E-state index contributed by atoms with van der Waals surface area (Å²) in [6.45, 7) is 2.86. The molecule has 1 heterocycles. The van der Waals surface area contributed by atoms with Crippen LogP contribution in [-0.2, 0) is 0 Å². The highest BCUT2D eigenvalue weighted by Crippen LogP contribution is 2.28. The number of nitrogens with one attached hydrogen (secondary N) is 1. The first kappa shape index (κ1) is 14.3. The fourth-order valence-electron chi connectivity index (χ4n) is 2.66. The van der Waals surface area contributed by atoms with Crippen LogP contribution in [0.3, 0.4) is 0 Å². The molecule has 2 rings (SSSR count). The summed E-state index contributed by atoms with van der Waals surface area (Å²) in [7, 11) is 0. The number of amides is 1. The third-order valence-corrected chi connectivity index (χ3v) is 3.95. The molecule has 0 aliphatic heterocycles. The van der Waals surface area contributed by atoms with E-state index in [9.17, 15) is 9.18 Å². The van der Waals surface area contributed by atoms with Crippen LogP contribution in [0.4, 0.5) is 4.39 Å². The maximum Gasteiger partial charge on any atom is 0.254 e. The van der Waals surface area contributed by atoms with Crippen molar-refractivity contribution in [1.82, 2.24) is 10.3 Å². The maximum atomic E-state index is 13.1. The summed E-state index contributed by atoms with van der Waals surface area (Å²) >= 11 is 5.80. The van der Waals surface area contributed by atoms with Gasteiger partial charge in [-0.1, -0.05) is 31.4 Å². The average molecular weight is 285 g/mol. The molecule has 5 heteroatoms. The topological polar surface area (TPSA) is 42.0 Å². The van der Waals surface area contributed by atoms with E-state index >= 15 is 0 Å². The number of nitrogens with zero attached hydrogens (tertiary/aromatic N) is 1. The summed E-state index contributed by atoms with van der Waals surface area (Å²) < 4.78 is 13.1. The van der Waals surface area contributed by atoms with Gasteiger partial charge in [0.15, 0.2) is 0 Å². The Hall–Kier alpha value is -1.16. The zero-order valence-corrected chi connectivity index (χ0v) is 11.7. The summed E-state index contributed by atoms with van der Waals surface area (Å²) in [4.78, 5) is 15.6. The van der Waals surface area contributed by atoms with E-state index in [4.69, 9.17) is 11.6 Å². The van der Waals surface area contributed by atoms with E-state index in [1.807, 2.05) is 0 Å². The second-order valence-electron chi connectivity index (χ2n) is 5.34. The van der Waals surface area contributed by atoms with Crippen molar-refractivity contribution in [3.63, 3.8) is 0 Å². The number of rotatable bonds is 3. The van der Waals surface area contributed by atoms with Gasteiger partial charge in [0.2, 0.25) is 0 Å². The van der Waals surface area contributed by atoms with Crippen LogP contribution in [0.1, 0.15) is 43.0 Å². The zero-order chi connectivity index (χ0) is 13.8. The van der Waals surface area contributed by atoms with Gasteiger partial charge in [-0.05, 0) is 30.7 Å². The largest absolute Gasteiger partial charge is 0.352 e. The summed E-state index contributed by atoms with van der Waals surface area (Å²) in [6.07, 6.45) is 5.76. The minimum Gasteiger partial charge on any atom is -0.352 e. The molecule has 19 heavy (non-hydrogen) atoms. The van der Waals surface area contributed by atoms with Gasteiger partial charge in [0.05, 0.1) is 11.8 Å². The number of hydrogen-bond donors (Lipinski definition) is 1. The molecule has 1 aromatic rings. The number of aromatic nitrogens is 1. The Bertz CT molecular complexity index is 467. The van der Waals surface area contributed by atoms with E-state index in [0.29, 0.717) is 12.5 Å². The van der Waals surface area contributed by atoms with Crippen molar-refractivity contribution in [2.75, 3.05) is 6.54 Å². The van der Waals surface area contributed by atoms with Crippen LogP contribution in [0.15, 0.2) is 12.3 Å². The number of halogens is 2. The quantitative estimate of drug-likeness (QED) is 0.864. The van der Waals surface area contributed by atoms with Crippen molar-refractivity contribution in [2.45, 2.75) is 32.6 Å². The first-order chi connectivity index (χ1) is 9.06. The van der Waals surface area contributed by atoms with Gasteiger partial charge in [-0.25, -0.2) is 9.37 Å². The third kappa shape index (κ3) is 3.90. The molecule has 104 valence electrons. The molecule has 1 N–H and O–H groups in total. The zero-order valence-electron chi connectivity index (χ0n) is 11.0. The summed E-state index contributed by atoms with van der Waals surface area (Å²) in [5, 5.41) is 2.87. The van der Waals surface area contributed by atoms with E-state index in [0.717, 1.165) is 31.0 Å². The van der Waals surface area contributed by atoms with E-state index < -0.39 is 5.82 Å². The fourth-order valence-corrected chi connectivity index (χ4v) is 2.85. The van der Waals surface area contributed by atoms with Gasteiger partial charge in [0, 0.05) is 6.54 Å². The number of pyridine rings is 1. The highest BCUT2D eigenvalue weighted by Gasteiger charge is 2.20. The van der Waals surface area contributed by atoms with Gasteiger partial charge in [-0.3, -0.25) is 4.79 Å². The molecule has 2 unspecified atom stereocenters. The minimum atomic E-state index is -0.555. The normalized spacial score (nSPS) is 23.1. The number of carbonyl (C=O) groups is 1. The lowest BCUT2D eigenvalue weighted by atomic mass is 9.82. The summed E-state index contributed by atoms with van der Waals surface area (Å²) in [5.41, 5.74) is 0.102. The van der Waals surface area contributed by atoms with Crippen LogP contribution < -0.4 is 5.32 Å². The molecule has 1 aliphatic carbocycles. The highest BCUT2D eigenvalue weighted by molar-refractivity contribution is 6.32. The average Bonchev–Trinajstić information content (AvgIpc) is 2.39. The van der Waals surface area contributed by atoms with Crippen molar-refractivity contribution in [2.24, 2.45) is 11.8 Å². The van der Waals surface area contributed by atoms with Crippen LogP contribution in [0.2, 0.25) is 5.15 Å². The highest BCUT2D eigenvalue weighted by atomic mass is 35.5. The Morgan fingerprint density at radius 3 is 3.11 bits per heavy atom. The second-order valence-corrected chi connectivity index (χ2v) is 5.70. The summed E-state index contributed by atoms with van der Waals surface area (Å²) in [6, 6.07) is 1.12. The Labute approximate surface area is 117 Å². The summed E-state index contributed by atoms with van der Waals surface area (Å²) in [5.74, 6) is 0.319. The Balaban J connectivity index is 1.92. The molecular weight excluding hydrogens is 267 g/mol. The number of hydrogen-bond acceptors (Lipinski definition) is 2. The van der Waals surface area contributed by atoms with Gasteiger partial charge in [0.1, 0.15) is 11.0 Å². The lowest BCUT2D eigenvalue weighted by Gasteiger charge is -2.26. The Morgan fingerprint density at radius 1 is 1.58 bits per heavy atom. The molecule has 0 aromatic carbocycles. The van der Waals surface area contributed by atoms with Gasteiger partial charge in [-0.2, -0.15) is 0 Å². The smallest absolute Gasteiger partial charge is 0.254 e. The van der Waals surface area contributed by atoms with Crippen molar-refractivity contribution >= 4 is 17.5 Å². The molecule has 1 amide bonds. The lowest BCUT2D eigenvalue weighted by Crippen LogP contribution is -2.31. The van der Waals surface area contributed by atoms with Crippen LogP contribution in [0.25, 0.3) is 0 Å². The van der Waals surface area contributed by atoms with Crippen LogP contribution >= 0.6 is 11.6 Å². The monoisotopic (exact) mass is 284 g/mol. The van der Waals surface area contributed by atoms with Crippen molar-refractivity contribution in [3.05, 3.63) is 28.8 Å². The fraction of sp³-hybridized carbons (Fsp3) is 0.571. The molecule has 2 atom stereocenters. The van der Waals surface area contributed by atoms with Gasteiger partial charge in [0.25, 0.3) is 5.91 Å². The molecular formula is C14H18ClFN2O. The van der Waals surface area contributed by atoms with Crippen molar-refractivity contribution < 1.29 is 9.18 Å². The van der Waals surface area contributed by atoms with Crippen LogP contribution in [0.5, 0.6) is 0 Å². The molecule has 1 saturated carbocycles. The standard InChI is InChI=1S/C14H18ClFN2O/c1-9-3-2-4-10(5-9)7-18-14(19)12-6-11(16)8-17-13(12)15/h6,8-10H,2-5,7H2,1H3,(H,18,19). The molecule has 3 nitrogen and oxygen atoms in total. The van der Waals surface area contributed by atoms with E-state index in [2.05, 4.69) is 17.2 Å². The first-order valence-electron chi connectivity index (χ1n) is 6.65. The molecule has 0 saturated heterocycles. The molecule has 0 radical (unpaired) electrons. The SMILES string of the molecule is CC1CCCC(CNC(=O)c2cc(F)cnc2Cl)C1. The lowest BCUT2D eigenvalue weighted by molar-refractivity contribution is 0.0940. The molecule has 1 aromatic heterocycles. The van der Waals surface area contributed by atoms with Crippen molar-refractivity contribution in [1.29, 1.82) is 0 Å².